The van der Waals surface area contributed by atoms with Crippen LogP contribution in [-0.2, 0) is 0 Å². The number of hydrogen-bond acceptors (Lipinski definition) is 5. The molecular weight excluding hydrogens is 386 g/mol. The molecule has 0 saturated carbocycles. The molecule has 1 N–H and O–H groups in total. The number of nitrogens with one attached hydrogen (secondary N) is 1. The molecule has 1 unspecified atom stereocenters. The second kappa shape index (κ2) is 8.51. The molecule has 0 aliphatic carbocycles. The number of carbonyl (C=O) groups excluding carboxylic acids is 1. The van der Waals surface area contributed by atoms with Gasteiger partial charge in [-0.3, -0.25) is 9.78 Å². The van der Waals surface area contributed by atoms with Crippen molar-refractivity contribution in [3.05, 3.63) is 95.7 Å². The highest BCUT2D eigenvalue weighted by molar-refractivity contribution is 6.10. The molecule has 3 aromatic rings. The fraction of sp³-hybridized carbons (Fsp3) is 0.174. The van der Waals surface area contributed by atoms with Gasteiger partial charge in [-0.2, -0.15) is 0 Å². The predicted molar refractivity (Wildman–Crippen MR) is 111 cm³/mol. The summed E-state index contributed by atoms with van der Waals surface area (Å²) in [5.74, 6) is -0.843. The Hall–Kier alpha value is -3.45. The molecule has 2 aromatic heterocycles. The summed E-state index contributed by atoms with van der Waals surface area (Å²) >= 11 is 0. The minimum absolute atomic E-state index is 0.00450. The number of aromatic nitrogens is 2. The van der Waals surface area contributed by atoms with E-state index < -0.39 is 11.6 Å². The van der Waals surface area contributed by atoms with Crippen LogP contribution >= 0.6 is 0 Å². The topological polar surface area (TPSA) is 58.1 Å². The molecule has 0 radical (unpaired) electrons. The number of carbonyl (C=O) groups is 1. The van der Waals surface area contributed by atoms with E-state index in [0.29, 0.717) is 31.0 Å². The zero-order valence-corrected chi connectivity index (χ0v) is 16.2. The highest BCUT2D eigenvalue weighted by Gasteiger charge is 2.24. The first-order chi connectivity index (χ1) is 14.5. The fourth-order valence-corrected chi connectivity index (χ4v) is 3.53. The van der Waals surface area contributed by atoms with Gasteiger partial charge in [-0.25, -0.2) is 13.8 Å². The van der Waals surface area contributed by atoms with Crippen LogP contribution in [0.3, 0.4) is 0 Å². The van der Waals surface area contributed by atoms with E-state index in [2.05, 4.69) is 21.9 Å². The van der Waals surface area contributed by atoms with E-state index in [1.807, 2.05) is 4.90 Å². The molecule has 1 atom stereocenters. The minimum atomic E-state index is -0.717. The Labute approximate surface area is 173 Å². The van der Waals surface area contributed by atoms with Gasteiger partial charge in [-0.1, -0.05) is 18.7 Å². The van der Waals surface area contributed by atoms with E-state index in [0.717, 1.165) is 5.56 Å². The quantitative estimate of drug-likeness (QED) is 0.651. The van der Waals surface area contributed by atoms with Crippen LogP contribution in [-0.4, -0.2) is 35.4 Å². The lowest BCUT2D eigenvalue weighted by atomic mass is 10.0. The van der Waals surface area contributed by atoms with Crippen molar-refractivity contribution in [1.29, 1.82) is 0 Å². The summed E-state index contributed by atoms with van der Waals surface area (Å²) in [5, 5.41) is 3.41. The van der Waals surface area contributed by atoms with Crippen molar-refractivity contribution in [3.8, 4) is 0 Å². The van der Waals surface area contributed by atoms with Crippen LogP contribution in [0.5, 0.6) is 0 Å². The summed E-state index contributed by atoms with van der Waals surface area (Å²) in [5.41, 5.74) is 1.36. The molecule has 1 aliphatic rings. The van der Waals surface area contributed by atoms with Gasteiger partial charge in [0.15, 0.2) is 0 Å². The van der Waals surface area contributed by atoms with Gasteiger partial charge in [-0.15, -0.1) is 0 Å². The van der Waals surface area contributed by atoms with Gasteiger partial charge in [0.2, 0.25) is 5.78 Å². The number of anilines is 1. The van der Waals surface area contributed by atoms with E-state index in [1.165, 1.54) is 24.4 Å². The molecule has 0 spiro atoms. The number of halogens is 2. The first-order valence-electron chi connectivity index (χ1n) is 9.57. The summed E-state index contributed by atoms with van der Waals surface area (Å²) in [6, 6.07) is 12.8. The SMILES string of the molecule is C=C(F)c1ccc(N2CCNC(c3ccc(F)cc3)C2)nc1C(=O)c1cccnc1. The van der Waals surface area contributed by atoms with E-state index in [-0.39, 0.29) is 23.1 Å². The minimum Gasteiger partial charge on any atom is -0.353 e. The standard InChI is InChI=1S/C23H20F2N4O/c1-15(24)19-8-9-21(28-22(19)23(30)17-3-2-10-26-13-17)29-12-11-27-20(14-29)16-4-6-18(25)7-5-16/h2-10,13,20,27H,1,11-12,14H2. The third-order valence-electron chi connectivity index (χ3n) is 5.08. The maximum Gasteiger partial charge on any atom is 0.213 e. The Bertz CT molecular complexity index is 1070. The molecular formula is C23H20F2N4O. The van der Waals surface area contributed by atoms with Gasteiger partial charge in [0, 0.05) is 49.2 Å². The van der Waals surface area contributed by atoms with Gasteiger partial charge in [0.1, 0.15) is 23.2 Å². The monoisotopic (exact) mass is 406 g/mol. The van der Waals surface area contributed by atoms with Gasteiger partial charge in [-0.05, 0) is 42.0 Å². The van der Waals surface area contributed by atoms with E-state index in [9.17, 15) is 13.6 Å². The number of nitrogens with zero attached hydrogens (tertiary/aromatic N) is 3. The molecule has 0 bridgehead atoms. The van der Waals surface area contributed by atoms with Crippen molar-refractivity contribution >= 4 is 17.4 Å². The molecule has 1 saturated heterocycles. The Kier molecular flexibility index (Phi) is 5.63. The third kappa shape index (κ3) is 4.11. The number of rotatable bonds is 5. The van der Waals surface area contributed by atoms with Gasteiger partial charge in [0.25, 0.3) is 0 Å². The van der Waals surface area contributed by atoms with E-state index in [1.54, 1.807) is 36.5 Å². The number of benzene rings is 1. The molecule has 1 aromatic carbocycles. The zero-order valence-electron chi connectivity index (χ0n) is 16.2. The molecule has 1 aliphatic heterocycles. The van der Waals surface area contributed by atoms with Crippen LogP contribution in [0.1, 0.15) is 33.2 Å². The normalized spacial score (nSPS) is 16.3. The third-order valence-corrected chi connectivity index (χ3v) is 5.08. The summed E-state index contributed by atoms with van der Waals surface area (Å²) in [7, 11) is 0. The van der Waals surface area contributed by atoms with Crippen LogP contribution in [0, 0.1) is 5.82 Å². The van der Waals surface area contributed by atoms with Gasteiger partial charge >= 0.3 is 0 Å². The van der Waals surface area contributed by atoms with Crippen molar-refractivity contribution in [1.82, 2.24) is 15.3 Å². The Morgan fingerprint density at radius 1 is 1.17 bits per heavy atom. The molecule has 4 rings (SSSR count). The Balaban J connectivity index is 1.65. The fourth-order valence-electron chi connectivity index (χ4n) is 3.53. The average Bonchev–Trinajstić information content (AvgIpc) is 2.79. The second-order valence-electron chi connectivity index (χ2n) is 7.05. The predicted octanol–water partition coefficient (Wildman–Crippen LogP) is 3.94. The molecule has 152 valence electrons. The van der Waals surface area contributed by atoms with Crippen molar-refractivity contribution in [2.75, 3.05) is 24.5 Å². The van der Waals surface area contributed by atoms with Crippen molar-refractivity contribution < 1.29 is 13.6 Å². The first kappa shape index (κ1) is 19.8. The Morgan fingerprint density at radius 2 is 1.97 bits per heavy atom. The van der Waals surface area contributed by atoms with Crippen molar-refractivity contribution in [3.63, 3.8) is 0 Å². The Morgan fingerprint density at radius 3 is 2.67 bits per heavy atom. The zero-order chi connectivity index (χ0) is 21.1. The summed E-state index contributed by atoms with van der Waals surface area (Å²) in [6.45, 7) is 5.27. The highest BCUT2D eigenvalue weighted by atomic mass is 19.1. The van der Waals surface area contributed by atoms with Crippen LogP contribution in [0.25, 0.3) is 5.83 Å². The van der Waals surface area contributed by atoms with E-state index >= 15 is 0 Å². The first-order valence-corrected chi connectivity index (χ1v) is 9.57. The molecule has 7 heteroatoms. The number of hydrogen-bond donors (Lipinski definition) is 1. The van der Waals surface area contributed by atoms with Crippen LogP contribution in [0.2, 0.25) is 0 Å². The average molecular weight is 406 g/mol. The highest BCUT2D eigenvalue weighted by Crippen LogP contribution is 2.26. The van der Waals surface area contributed by atoms with Gasteiger partial charge in [0.05, 0.1) is 0 Å². The molecule has 5 nitrogen and oxygen atoms in total. The van der Waals surface area contributed by atoms with Crippen molar-refractivity contribution in [2.45, 2.75) is 6.04 Å². The molecule has 1 fully saturated rings. The summed E-state index contributed by atoms with van der Waals surface area (Å²) in [6.07, 6.45) is 2.99. The van der Waals surface area contributed by atoms with Crippen LogP contribution in [0.15, 0.2) is 67.5 Å². The smallest absolute Gasteiger partial charge is 0.213 e. The number of ketones is 1. The number of pyridine rings is 2. The maximum atomic E-state index is 14.0. The number of piperazine rings is 1. The lowest BCUT2D eigenvalue weighted by Gasteiger charge is -2.35. The lowest BCUT2D eigenvalue weighted by molar-refractivity contribution is 0.103. The molecule has 30 heavy (non-hydrogen) atoms. The summed E-state index contributed by atoms with van der Waals surface area (Å²) < 4.78 is 27.2. The largest absolute Gasteiger partial charge is 0.353 e. The lowest BCUT2D eigenvalue weighted by Crippen LogP contribution is -2.46. The summed E-state index contributed by atoms with van der Waals surface area (Å²) in [4.78, 5) is 23.4. The second-order valence-corrected chi connectivity index (χ2v) is 7.05. The van der Waals surface area contributed by atoms with Crippen LogP contribution in [0.4, 0.5) is 14.6 Å². The molecule has 3 heterocycles. The van der Waals surface area contributed by atoms with E-state index in [4.69, 9.17) is 0 Å². The van der Waals surface area contributed by atoms with Gasteiger partial charge < -0.3 is 10.2 Å². The van der Waals surface area contributed by atoms with Crippen molar-refractivity contribution in [2.24, 2.45) is 0 Å². The molecule has 0 amide bonds. The van der Waals surface area contributed by atoms with Crippen LogP contribution < -0.4 is 10.2 Å². The maximum absolute atomic E-state index is 14.0.